The molecule has 2 aromatic rings. The van der Waals surface area contributed by atoms with Crippen LogP contribution in [0.5, 0.6) is 0 Å². The highest BCUT2D eigenvalue weighted by atomic mass is 35.5. The van der Waals surface area contributed by atoms with Gasteiger partial charge in [-0.1, -0.05) is 11.6 Å². The highest BCUT2D eigenvalue weighted by Crippen LogP contribution is 2.38. The van der Waals surface area contributed by atoms with E-state index in [2.05, 4.69) is 10.4 Å². The number of amides is 1. The van der Waals surface area contributed by atoms with Crippen LogP contribution in [0, 0.1) is 5.82 Å². The van der Waals surface area contributed by atoms with Gasteiger partial charge in [0.25, 0.3) is 11.5 Å². The SMILES string of the molecule is O=C(NCCn1nc(C2CC2)ccc1=O)c1ccc(F)cc1Cl. The first-order valence-electron chi connectivity index (χ1n) is 7.36. The molecule has 1 saturated carbocycles. The summed E-state index contributed by atoms with van der Waals surface area (Å²) in [6.45, 7) is 0.498. The lowest BCUT2D eigenvalue weighted by molar-refractivity contribution is 0.0952. The van der Waals surface area contributed by atoms with E-state index in [0.717, 1.165) is 24.6 Å². The van der Waals surface area contributed by atoms with Gasteiger partial charge in [-0.05, 0) is 37.1 Å². The maximum Gasteiger partial charge on any atom is 0.266 e. The van der Waals surface area contributed by atoms with Crippen LogP contribution >= 0.6 is 11.6 Å². The van der Waals surface area contributed by atoms with Gasteiger partial charge in [-0.2, -0.15) is 5.10 Å². The Morgan fingerprint density at radius 2 is 2.13 bits per heavy atom. The van der Waals surface area contributed by atoms with Crippen molar-refractivity contribution >= 4 is 17.5 Å². The van der Waals surface area contributed by atoms with E-state index in [9.17, 15) is 14.0 Å². The minimum atomic E-state index is -0.501. The molecule has 0 bridgehead atoms. The molecule has 23 heavy (non-hydrogen) atoms. The summed E-state index contributed by atoms with van der Waals surface area (Å²) >= 11 is 5.84. The Bertz CT molecular complexity index is 802. The number of nitrogens with one attached hydrogen (secondary N) is 1. The molecule has 1 fully saturated rings. The zero-order chi connectivity index (χ0) is 16.4. The van der Waals surface area contributed by atoms with Crippen molar-refractivity contribution in [1.82, 2.24) is 15.1 Å². The van der Waals surface area contributed by atoms with Gasteiger partial charge in [-0.3, -0.25) is 9.59 Å². The lowest BCUT2D eigenvalue weighted by Gasteiger charge is -2.09. The van der Waals surface area contributed by atoms with Gasteiger partial charge in [0.05, 0.1) is 22.8 Å². The van der Waals surface area contributed by atoms with E-state index >= 15 is 0 Å². The molecule has 1 aromatic heterocycles. The molecule has 1 aliphatic carbocycles. The Morgan fingerprint density at radius 3 is 2.83 bits per heavy atom. The van der Waals surface area contributed by atoms with E-state index in [-0.39, 0.29) is 29.2 Å². The predicted molar refractivity (Wildman–Crippen MR) is 84.2 cm³/mol. The van der Waals surface area contributed by atoms with E-state index in [4.69, 9.17) is 11.6 Å². The fraction of sp³-hybridized carbons (Fsp3) is 0.312. The van der Waals surface area contributed by atoms with Crippen LogP contribution in [0.15, 0.2) is 35.1 Å². The first-order chi connectivity index (χ1) is 11.0. The van der Waals surface area contributed by atoms with E-state index in [1.54, 1.807) is 6.07 Å². The van der Waals surface area contributed by atoms with Gasteiger partial charge >= 0.3 is 0 Å². The summed E-state index contributed by atoms with van der Waals surface area (Å²) in [6, 6.07) is 6.84. The van der Waals surface area contributed by atoms with Crippen LogP contribution in [0.25, 0.3) is 0 Å². The minimum Gasteiger partial charge on any atom is -0.350 e. The standard InChI is InChI=1S/C16H15ClFN3O2/c17-13-9-11(18)3-4-12(13)16(23)19-7-8-21-15(22)6-5-14(20-21)10-1-2-10/h3-6,9-10H,1-2,7-8H2,(H,19,23). The predicted octanol–water partition coefficient (Wildman–Crippen LogP) is 2.34. The molecule has 1 heterocycles. The highest BCUT2D eigenvalue weighted by Gasteiger charge is 2.25. The number of benzene rings is 1. The van der Waals surface area contributed by atoms with Crippen molar-refractivity contribution in [2.45, 2.75) is 25.3 Å². The molecule has 7 heteroatoms. The number of aromatic nitrogens is 2. The van der Waals surface area contributed by atoms with Crippen LogP contribution in [0.3, 0.4) is 0 Å². The molecule has 0 saturated heterocycles. The van der Waals surface area contributed by atoms with E-state index < -0.39 is 11.7 Å². The first-order valence-corrected chi connectivity index (χ1v) is 7.74. The zero-order valence-corrected chi connectivity index (χ0v) is 13.0. The molecule has 120 valence electrons. The number of halogens is 2. The van der Waals surface area contributed by atoms with Gasteiger partial charge in [-0.15, -0.1) is 0 Å². The van der Waals surface area contributed by atoms with Crippen LogP contribution in [0.1, 0.15) is 34.8 Å². The second-order valence-electron chi connectivity index (χ2n) is 5.47. The van der Waals surface area contributed by atoms with Crippen LogP contribution in [-0.4, -0.2) is 22.2 Å². The lowest BCUT2D eigenvalue weighted by Crippen LogP contribution is -2.32. The number of nitrogens with zero attached hydrogens (tertiary/aromatic N) is 2. The van der Waals surface area contributed by atoms with Crippen molar-refractivity contribution in [3.8, 4) is 0 Å². The van der Waals surface area contributed by atoms with Gasteiger partial charge in [-0.25, -0.2) is 9.07 Å². The van der Waals surface area contributed by atoms with Gasteiger partial charge < -0.3 is 5.32 Å². The summed E-state index contributed by atoms with van der Waals surface area (Å²) in [5.74, 6) is -0.463. The third-order valence-corrected chi connectivity index (χ3v) is 3.98. The summed E-state index contributed by atoms with van der Waals surface area (Å²) in [7, 11) is 0. The fourth-order valence-corrected chi connectivity index (χ4v) is 2.52. The third kappa shape index (κ3) is 3.76. The van der Waals surface area contributed by atoms with Crippen molar-refractivity contribution in [3.63, 3.8) is 0 Å². The molecule has 0 radical (unpaired) electrons. The Labute approximate surface area is 137 Å². The molecular formula is C16H15ClFN3O2. The maximum absolute atomic E-state index is 13.0. The van der Waals surface area contributed by atoms with Crippen LogP contribution in [-0.2, 0) is 6.54 Å². The van der Waals surface area contributed by atoms with Gasteiger partial charge in [0, 0.05) is 18.5 Å². The van der Waals surface area contributed by atoms with E-state index in [1.807, 2.05) is 0 Å². The summed E-state index contributed by atoms with van der Waals surface area (Å²) in [6.07, 6.45) is 2.20. The lowest BCUT2D eigenvalue weighted by atomic mass is 10.2. The number of carbonyl (C=O) groups is 1. The Balaban J connectivity index is 1.62. The Kier molecular flexibility index (Phi) is 4.43. The second kappa shape index (κ2) is 6.50. The van der Waals surface area contributed by atoms with Crippen molar-refractivity contribution < 1.29 is 9.18 Å². The average Bonchev–Trinajstić information content (AvgIpc) is 3.33. The second-order valence-corrected chi connectivity index (χ2v) is 5.88. The van der Waals surface area contributed by atoms with Crippen molar-refractivity contribution in [3.05, 3.63) is 62.8 Å². The number of hydrogen-bond acceptors (Lipinski definition) is 3. The minimum absolute atomic E-state index is 0.0496. The number of hydrogen-bond donors (Lipinski definition) is 1. The van der Waals surface area contributed by atoms with E-state index in [0.29, 0.717) is 5.92 Å². The molecular weight excluding hydrogens is 321 g/mol. The molecule has 1 aromatic carbocycles. The fourth-order valence-electron chi connectivity index (χ4n) is 2.27. The molecule has 1 amide bonds. The summed E-state index contributed by atoms with van der Waals surface area (Å²) in [5, 5.41) is 7.01. The van der Waals surface area contributed by atoms with Gasteiger partial charge in [0.2, 0.25) is 0 Å². The van der Waals surface area contributed by atoms with Gasteiger partial charge in [0.1, 0.15) is 5.82 Å². The molecule has 3 rings (SSSR count). The zero-order valence-electron chi connectivity index (χ0n) is 12.3. The number of carbonyl (C=O) groups excluding carboxylic acids is 1. The number of rotatable bonds is 5. The topological polar surface area (TPSA) is 64.0 Å². The van der Waals surface area contributed by atoms with Crippen molar-refractivity contribution in [2.24, 2.45) is 0 Å². The smallest absolute Gasteiger partial charge is 0.266 e. The monoisotopic (exact) mass is 335 g/mol. The summed E-state index contributed by atoms with van der Waals surface area (Å²) in [5.41, 5.74) is 0.904. The molecule has 0 spiro atoms. The normalized spacial score (nSPS) is 13.8. The Hall–Kier alpha value is -2.21. The molecule has 0 unspecified atom stereocenters. The molecule has 0 atom stereocenters. The highest BCUT2D eigenvalue weighted by molar-refractivity contribution is 6.33. The summed E-state index contributed by atoms with van der Waals surface area (Å²) in [4.78, 5) is 23.8. The van der Waals surface area contributed by atoms with Gasteiger partial charge in [0.15, 0.2) is 0 Å². The molecule has 5 nitrogen and oxygen atoms in total. The molecule has 1 N–H and O–H groups in total. The van der Waals surface area contributed by atoms with Crippen molar-refractivity contribution in [2.75, 3.05) is 6.54 Å². The molecule has 1 aliphatic rings. The van der Waals surface area contributed by atoms with Crippen molar-refractivity contribution in [1.29, 1.82) is 0 Å². The van der Waals surface area contributed by atoms with Crippen LogP contribution in [0.4, 0.5) is 4.39 Å². The molecule has 0 aliphatic heterocycles. The quantitative estimate of drug-likeness (QED) is 0.912. The third-order valence-electron chi connectivity index (χ3n) is 3.67. The first kappa shape index (κ1) is 15.7. The maximum atomic E-state index is 13.0. The summed E-state index contributed by atoms with van der Waals surface area (Å²) < 4.78 is 14.3. The Morgan fingerprint density at radius 1 is 1.35 bits per heavy atom. The van der Waals surface area contributed by atoms with Crippen LogP contribution in [0.2, 0.25) is 5.02 Å². The van der Waals surface area contributed by atoms with Crippen LogP contribution < -0.4 is 10.9 Å². The van der Waals surface area contributed by atoms with E-state index in [1.165, 1.54) is 22.9 Å². The average molecular weight is 336 g/mol. The largest absolute Gasteiger partial charge is 0.350 e.